The van der Waals surface area contributed by atoms with Crippen molar-refractivity contribution in [3.8, 4) is 5.69 Å². The van der Waals surface area contributed by atoms with Crippen molar-refractivity contribution < 1.29 is 0 Å². The van der Waals surface area contributed by atoms with Crippen molar-refractivity contribution in [1.82, 2.24) is 14.9 Å². The molecule has 4 heteroatoms. The number of halogens is 1. The molecule has 0 spiro atoms. The normalized spacial score (nSPS) is 16.7. The molecule has 1 aromatic carbocycles. The zero-order valence-corrected chi connectivity index (χ0v) is 12.7. The molecular formula is C15H18BrN3. The fourth-order valence-corrected chi connectivity index (χ4v) is 3.39. The maximum atomic E-state index is 4.36. The summed E-state index contributed by atoms with van der Waals surface area (Å²) >= 11 is 3.58. The van der Waals surface area contributed by atoms with Crippen LogP contribution in [0.4, 0.5) is 0 Å². The second kappa shape index (κ2) is 5.47. The van der Waals surface area contributed by atoms with Gasteiger partial charge in [-0.05, 0) is 56.6 Å². The topological polar surface area (TPSA) is 29.9 Å². The predicted octanol–water partition coefficient (Wildman–Crippen LogP) is 3.41. The molecule has 0 radical (unpaired) electrons. The van der Waals surface area contributed by atoms with E-state index < -0.39 is 0 Å². The number of benzene rings is 1. The SMILES string of the molecule is Cc1cc(Br)cc(-n2cncc2C2CCNCC2)c1. The second-order valence-electron chi connectivity index (χ2n) is 5.20. The van der Waals surface area contributed by atoms with Gasteiger partial charge in [0.1, 0.15) is 0 Å². The Kier molecular flexibility index (Phi) is 3.71. The van der Waals surface area contributed by atoms with E-state index in [1.165, 1.54) is 29.8 Å². The first kappa shape index (κ1) is 12.9. The Morgan fingerprint density at radius 2 is 2.05 bits per heavy atom. The summed E-state index contributed by atoms with van der Waals surface area (Å²) in [6.45, 7) is 4.33. The summed E-state index contributed by atoms with van der Waals surface area (Å²) in [6.07, 6.45) is 6.34. The Bertz CT molecular complexity index is 550. The molecule has 19 heavy (non-hydrogen) atoms. The van der Waals surface area contributed by atoms with E-state index in [-0.39, 0.29) is 0 Å². The minimum Gasteiger partial charge on any atom is -0.317 e. The molecule has 3 nitrogen and oxygen atoms in total. The summed E-state index contributed by atoms with van der Waals surface area (Å²) in [5, 5.41) is 3.42. The number of aromatic nitrogens is 2. The first-order valence-corrected chi connectivity index (χ1v) is 7.54. The lowest BCUT2D eigenvalue weighted by Crippen LogP contribution is -2.27. The van der Waals surface area contributed by atoms with Gasteiger partial charge in [-0.15, -0.1) is 0 Å². The van der Waals surface area contributed by atoms with E-state index in [0.717, 1.165) is 17.6 Å². The lowest BCUT2D eigenvalue weighted by atomic mass is 9.95. The third-order valence-corrected chi connectivity index (χ3v) is 4.19. The Hall–Kier alpha value is -1.13. The number of hydrogen-bond acceptors (Lipinski definition) is 2. The zero-order valence-electron chi connectivity index (χ0n) is 11.1. The van der Waals surface area contributed by atoms with Gasteiger partial charge in [0, 0.05) is 28.0 Å². The Morgan fingerprint density at radius 1 is 1.26 bits per heavy atom. The van der Waals surface area contributed by atoms with Crippen molar-refractivity contribution in [2.75, 3.05) is 13.1 Å². The van der Waals surface area contributed by atoms with E-state index >= 15 is 0 Å². The number of hydrogen-bond donors (Lipinski definition) is 1. The average Bonchev–Trinajstić information content (AvgIpc) is 2.88. The van der Waals surface area contributed by atoms with Crippen LogP contribution in [0.2, 0.25) is 0 Å². The summed E-state index contributed by atoms with van der Waals surface area (Å²) in [5.41, 5.74) is 3.78. The Balaban J connectivity index is 1.98. The smallest absolute Gasteiger partial charge is 0.0994 e. The van der Waals surface area contributed by atoms with Crippen LogP contribution in [-0.4, -0.2) is 22.6 Å². The summed E-state index contributed by atoms with van der Waals surface area (Å²) in [6, 6.07) is 6.49. The molecule has 1 fully saturated rings. The van der Waals surface area contributed by atoms with E-state index in [4.69, 9.17) is 0 Å². The second-order valence-corrected chi connectivity index (χ2v) is 6.12. The number of aryl methyl sites for hydroxylation is 1. The van der Waals surface area contributed by atoms with Gasteiger partial charge >= 0.3 is 0 Å². The van der Waals surface area contributed by atoms with E-state index in [1.54, 1.807) is 0 Å². The average molecular weight is 320 g/mol. The highest BCUT2D eigenvalue weighted by Crippen LogP contribution is 2.28. The summed E-state index contributed by atoms with van der Waals surface area (Å²) < 4.78 is 3.35. The predicted molar refractivity (Wildman–Crippen MR) is 80.8 cm³/mol. The van der Waals surface area contributed by atoms with Crippen LogP contribution in [0, 0.1) is 6.92 Å². The summed E-state index contributed by atoms with van der Waals surface area (Å²) in [5.74, 6) is 0.614. The number of nitrogens with zero attached hydrogens (tertiary/aromatic N) is 2. The molecule has 0 atom stereocenters. The molecule has 0 bridgehead atoms. The molecule has 2 aromatic rings. The summed E-state index contributed by atoms with van der Waals surface area (Å²) in [7, 11) is 0. The van der Waals surface area contributed by atoms with Crippen LogP contribution < -0.4 is 5.32 Å². The van der Waals surface area contributed by atoms with E-state index in [0.29, 0.717) is 5.92 Å². The van der Waals surface area contributed by atoms with Crippen LogP contribution in [0.3, 0.4) is 0 Å². The van der Waals surface area contributed by atoms with Crippen molar-refractivity contribution >= 4 is 15.9 Å². The molecular weight excluding hydrogens is 302 g/mol. The monoisotopic (exact) mass is 319 g/mol. The quantitative estimate of drug-likeness (QED) is 0.919. The molecule has 1 N–H and O–H groups in total. The molecule has 100 valence electrons. The molecule has 0 unspecified atom stereocenters. The van der Waals surface area contributed by atoms with Gasteiger partial charge in [0.25, 0.3) is 0 Å². The lowest BCUT2D eigenvalue weighted by molar-refractivity contribution is 0.449. The van der Waals surface area contributed by atoms with Gasteiger partial charge in [-0.3, -0.25) is 0 Å². The van der Waals surface area contributed by atoms with Crippen molar-refractivity contribution in [1.29, 1.82) is 0 Å². The maximum absolute atomic E-state index is 4.36. The molecule has 1 aromatic heterocycles. The number of piperidine rings is 1. The summed E-state index contributed by atoms with van der Waals surface area (Å²) in [4.78, 5) is 4.36. The fraction of sp³-hybridized carbons (Fsp3) is 0.400. The maximum Gasteiger partial charge on any atom is 0.0994 e. The highest BCUT2D eigenvalue weighted by Gasteiger charge is 2.19. The van der Waals surface area contributed by atoms with Crippen molar-refractivity contribution in [3.63, 3.8) is 0 Å². The van der Waals surface area contributed by atoms with Crippen LogP contribution in [0.1, 0.15) is 30.0 Å². The fourth-order valence-electron chi connectivity index (χ4n) is 2.80. The zero-order chi connectivity index (χ0) is 13.2. The van der Waals surface area contributed by atoms with Crippen LogP contribution in [0.15, 0.2) is 35.2 Å². The van der Waals surface area contributed by atoms with E-state index in [2.05, 4.69) is 55.9 Å². The molecule has 1 aliphatic heterocycles. The number of imidazole rings is 1. The van der Waals surface area contributed by atoms with E-state index in [9.17, 15) is 0 Å². The third-order valence-electron chi connectivity index (χ3n) is 3.73. The van der Waals surface area contributed by atoms with Gasteiger partial charge in [-0.2, -0.15) is 0 Å². The first-order chi connectivity index (χ1) is 9.24. The highest BCUT2D eigenvalue weighted by atomic mass is 79.9. The third kappa shape index (κ3) is 2.74. The molecule has 3 rings (SSSR count). The molecule has 0 amide bonds. The van der Waals surface area contributed by atoms with E-state index in [1.807, 2.05) is 12.5 Å². The molecule has 2 heterocycles. The lowest BCUT2D eigenvalue weighted by Gasteiger charge is -2.23. The minimum absolute atomic E-state index is 0.614. The van der Waals surface area contributed by atoms with Gasteiger partial charge < -0.3 is 9.88 Å². The Morgan fingerprint density at radius 3 is 2.79 bits per heavy atom. The molecule has 1 aliphatic rings. The van der Waals surface area contributed by atoms with Gasteiger partial charge in [-0.25, -0.2) is 4.98 Å². The van der Waals surface area contributed by atoms with Crippen LogP contribution in [0.5, 0.6) is 0 Å². The largest absolute Gasteiger partial charge is 0.317 e. The number of nitrogens with one attached hydrogen (secondary N) is 1. The minimum atomic E-state index is 0.614. The number of rotatable bonds is 2. The molecule has 0 aliphatic carbocycles. The van der Waals surface area contributed by atoms with Crippen molar-refractivity contribution in [3.05, 3.63) is 46.5 Å². The van der Waals surface area contributed by atoms with Crippen LogP contribution in [0.25, 0.3) is 5.69 Å². The van der Waals surface area contributed by atoms with Gasteiger partial charge in [0.2, 0.25) is 0 Å². The molecule has 0 saturated carbocycles. The first-order valence-electron chi connectivity index (χ1n) is 6.74. The van der Waals surface area contributed by atoms with Crippen molar-refractivity contribution in [2.45, 2.75) is 25.7 Å². The van der Waals surface area contributed by atoms with Gasteiger partial charge in [0.05, 0.1) is 6.33 Å². The Labute approximate surface area is 122 Å². The molecule has 1 saturated heterocycles. The van der Waals surface area contributed by atoms with Crippen LogP contribution in [-0.2, 0) is 0 Å². The van der Waals surface area contributed by atoms with Crippen LogP contribution >= 0.6 is 15.9 Å². The van der Waals surface area contributed by atoms with Crippen molar-refractivity contribution in [2.24, 2.45) is 0 Å². The van der Waals surface area contributed by atoms with Gasteiger partial charge in [0.15, 0.2) is 0 Å². The standard InChI is InChI=1S/C15H18BrN3/c1-11-6-13(16)8-14(7-11)19-10-18-9-15(19)12-2-4-17-5-3-12/h6-10,12,17H,2-5H2,1H3. The highest BCUT2D eigenvalue weighted by molar-refractivity contribution is 9.10. The van der Waals surface area contributed by atoms with Gasteiger partial charge in [-0.1, -0.05) is 15.9 Å².